The van der Waals surface area contributed by atoms with Crippen LogP contribution in [0.25, 0.3) is 11.6 Å². The third-order valence-electron chi connectivity index (χ3n) is 1.88. The normalized spacial score (nSPS) is 11.2. The van der Waals surface area contributed by atoms with Crippen LogP contribution < -0.4 is 0 Å². The fraction of sp³-hybridized carbons (Fsp3) is 0.250. The predicted octanol–water partition coefficient (Wildman–Crippen LogP) is 2.65. The maximum atomic E-state index is 4.34. The molecular weight excluding hydrogens is 172 g/mol. The minimum Gasteiger partial charge on any atom is -0.383 e. The van der Waals surface area contributed by atoms with Crippen molar-refractivity contribution in [1.82, 2.24) is 9.88 Å². The van der Waals surface area contributed by atoms with E-state index in [0.717, 1.165) is 16.8 Å². The molecule has 0 unspecified atom stereocenters. The molecular formula is C12H16N2. The smallest absolute Gasteiger partial charge is 0.0745 e. The van der Waals surface area contributed by atoms with Crippen LogP contribution in [0.4, 0.5) is 0 Å². The second kappa shape index (κ2) is 4.61. The highest BCUT2D eigenvalue weighted by atomic mass is 15.0. The number of rotatable bonds is 3. The fourth-order valence-electron chi connectivity index (χ4n) is 1.36. The summed E-state index contributed by atoms with van der Waals surface area (Å²) in [5.74, 6) is 0. The van der Waals surface area contributed by atoms with E-state index in [4.69, 9.17) is 0 Å². The summed E-state index contributed by atoms with van der Waals surface area (Å²) in [4.78, 5) is 6.35. The van der Waals surface area contributed by atoms with Gasteiger partial charge in [0.2, 0.25) is 0 Å². The number of pyridine rings is 1. The van der Waals surface area contributed by atoms with Crippen LogP contribution in [-0.2, 0) is 0 Å². The number of hydrogen-bond acceptors (Lipinski definition) is 2. The molecule has 0 saturated carbocycles. The highest BCUT2D eigenvalue weighted by molar-refractivity contribution is 5.69. The van der Waals surface area contributed by atoms with Crippen LogP contribution in [0, 0.1) is 0 Å². The van der Waals surface area contributed by atoms with Crippen LogP contribution in [0.2, 0.25) is 0 Å². The molecule has 2 heteroatoms. The second-order valence-electron chi connectivity index (χ2n) is 3.42. The van der Waals surface area contributed by atoms with E-state index in [1.54, 1.807) is 6.20 Å². The standard InChI is InChI=1S/C12H16N2/c1-5-11-7-6-8-13-12(11)10(2)9-14(3)4/h5-9H,1H2,2-4H3/b10-9+. The number of allylic oxidation sites excluding steroid dienone is 1. The SMILES string of the molecule is C=Cc1cccnc1/C(C)=C/N(C)C. The molecule has 0 amide bonds. The monoisotopic (exact) mass is 188 g/mol. The Morgan fingerprint density at radius 3 is 2.79 bits per heavy atom. The van der Waals surface area contributed by atoms with Crippen molar-refractivity contribution in [1.29, 1.82) is 0 Å². The first kappa shape index (κ1) is 10.5. The Hall–Kier alpha value is -1.57. The van der Waals surface area contributed by atoms with Gasteiger partial charge < -0.3 is 4.90 Å². The van der Waals surface area contributed by atoms with Crippen LogP contribution in [0.1, 0.15) is 18.2 Å². The van der Waals surface area contributed by atoms with E-state index in [1.807, 2.05) is 37.2 Å². The first-order valence-electron chi connectivity index (χ1n) is 4.58. The fourth-order valence-corrected chi connectivity index (χ4v) is 1.36. The van der Waals surface area contributed by atoms with Gasteiger partial charge in [-0.05, 0) is 24.1 Å². The zero-order valence-electron chi connectivity index (χ0n) is 8.99. The Kier molecular flexibility index (Phi) is 3.46. The van der Waals surface area contributed by atoms with Gasteiger partial charge >= 0.3 is 0 Å². The van der Waals surface area contributed by atoms with Crippen molar-refractivity contribution in [3.8, 4) is 0 Å². The lowest BCUT2D eigenvalue weighted by Crippen LogP contribution is -2.02. The first-order valence-corrected chi connectivity index (χ1v) is 4.58. The van der Waals surface area contributed by atoms with Gasteiger partial charge in [-0.3, -0.25) is 4.98 Å². The summed E-state index contributed by atoms with van der Waals surface area (Å²) in [6, 6.07) is 3.94. The van der Waals surface area contributed by atoms with Crippen LogP contribution in [0.5, 0.6) is 0 Å². The van der Waals surface area contributed by atoms with Crippen molar-refractivity contribution in [2.45, 2.75) is 6.92 Å². The predicted molar refractivity (Wildman–Crippen MR) is 61.7 cm³/mol. The van der Waals surface area contributed by atoms with E-state index in [0.29, 0.717) is 0 Å². The van der Waals surface area contributed by atoms with Crippen molar-refractivity contribution >= 4 is 11.6 Å². The molecule has 0 bridgehead atoms. The van der Waals surface area contributed by atoms with Gasteiger partial charge in [0.05, 0.1) is 5.69 Å². The molecule has 0 aliphatic rings. The Morgan fingerprint density at radius 2 is 2.21 bits per heavy atom. The van der Waals surface area contributed by atoms with E-state index >= 15 is 0 Å². The molecule has 74 valence electrons. The average molecular weight is 188 g/mol. The minimum absolute atomic E-state index is 0.996. The summed E-state index contributed by atoms with van der Waals surface area (Å²) < 4.78 is 0. The quantitative estimate of drug-likeness (QED) is 0.725. The average Bonchev–Trinajstić information content (AvgIpc) is 2.16. The Balaban J connectivity index is 3.11. The maximum absolute atomic E-state index is 4.34. The molecule has 2 nitrogen and oxygen atoms in total. The number of nitrogens with zero attached hydrogens (tertiary/aromatic N) is 2. The maximum Gasteiger partial charge on any atom is 0.0745 e. The molecule has 0 spiro atoms. The zero-order valence-corrected chi connectivity index (χ0v) is 8.99. The number of aromatic nitrogens is 1. The summed E-state index contributed by atoms with van der Waals surface area (Å²) in [5.41, 5.74) is 3.21. The summed E-state index contributed by atoms with van der Waals surface area (Å²) >= 11 is 0. The van der Waals surface area contributed by atoms with E-state index in [-0.39, 0.29) is 0 Å². The lowest BCUT2D eigenvalue weighted by atomic mass is 10.1. The molecule has 0 atom stereocenters. The van der Waals surface area contributed by atoms with E-state index in [9.17, 15) is 0 Å². The van der Waals surface area contributed by atoms with Crippen molar-refractivity contribution in [2.24, 2.45) is 0 Å². The highest BCUT2D eigenvalue weighted by Gasteiger charge is 2.01. The van der Waals surface area contributed by atoms with Gasteiger partial charge in [0.1, 0.15) is 0 Å². The lowest BCUT2D eigenvalue weighted by Gasteiger charge is -2.09. The second-order valence-corrected chi connectivity index (χ2v) is 3.42. The molecule has 1 aromatic rings. The van der Waals surface area contributed by atoms with Gasteiger partial charge in [-0.1, -0.05) is 18.7 Å². The van der Waals surface area contributed by atoms with Gasteiger partial charge in [-0.15, -0.1) is 0 Å². The summed E-state index contributed by atoms with van der Waals surface area (Å²) in [6.45, 7) is 5.82. The van der Waals surface area contributed by atoms with Crippen LogP contribution in [0.15, 0.2) is 31.1 Å². The number of hydrogen-bond donors (Lipinski definition) is 0. The molecule has 0 N–H and O–H groups in total. The first-order chi connectivity index (χ1) is 6.65. The van der Waals surface area contributed by atoms with Gasteiger partial charge in [-0.25, -0.2) is 0 Å². The van der Waals surface area contributed by atoms with Crippen LogP contribution in [-0.4, -0.2) is 24.0 Å². The summed E-state index contributed by atoms with van der Waals surface area (Å²) in [5, 5.41) is 0. The summed E-state index contributed by atoms with van der Waals surface area (Å²) in [6.07, 6.45) is 5.68. The van der Waals surface area contributed by atoms with Crippen molar-refractivity contribution < 1.29 is 0 Å². The van der Waals surface area contributed by atoms with Gasteiger partial charge in [0, 0.05) is 26.5 Å². The topological polar surface area (TPSA) is 16.1 Å². The molecule has 1 aromatic heterocycles. The molecule has 0 saturated heterocycles. The third-order valence-corrected chi connectivity index (χ3v) is 1.88. The van der Waals surface area contributed by atoms with Gasteiger partial charge in [0.15, 0.2) is 0 Å². The molecule has 0 aliphatic heterocycles. The molecule has 0 aliphatic carbocycles. The molecule has 0 aromatic carbocycles. The van der Waals surface area contributed by atoms with Gasteiger partial charge in [0.25, 0.3) is 0 Å². The molecule has 0 radical (unpaired) electrons. The van der Waals surface area contributed by atoms with E-state index < -0.39 is 0 Å². The molecule has 0 fully saturated rings. The van der Waals surface area contributed by atoms with Crippen LogP contribution >= 0.6 is 0 Å². The Labute approximate surface area is 85.6 Å². The van der Waals surface area contributed by atoms with E-state index in [2.05, 4.69) is 24.7 Å². The van der Waals surface area contributed by atoms with Crippen LogP contribution in [0.3, 0.4) is 0 Å². The molecule has 1 rings (SSSR count). The summed E-state index contributed by atoms with van der Waals surface area (Å²) in [7, 11) is 4.00. The molecule has 14 heavy (non-hydrogen) atoms. The highest BCUT2D eigenvalue weighted by Crippen LogP contribution is 2.16. The van der Waals surface area contributed by atoms with Crippen molar-refractivity contribution in [2.75, 3.05) is 14.1 Å². The van der Waals surface area contributed by atoms with Crippen molar-refractivity contribution in [3.05, 3.63) is 42.4 Å². The largest absolute Gasteiger partial charge is 0.383 e. The Morgan fingerprint density at radius 1 is 1.50 bits per heavy atom. The third kappa shape index (κ3) is 2.46. The Bertz CT molecular complexity index is 351. The van der Waals surface area contributed by atoms with Gasteiger partial charge in [-0.2, -0.15) is 0 Å². The molecule has 1 heterocycles. The minimum atomic E-state index is 0.996. The van der Waals surface area contributed by atoms with E-state index in [1.165, 1.54) is 0 Å². The lowest BCUT2D eigenvalue weighted by molar-refractivity contribution is 0.565. The zero-order chi connectivity index (χ0) is 10.6. The van der Waals surface area contributed by atoms with Crippen molar-refractivity contribution in [3.63, 3.8) is 0 Å².